The molecule has 2 amide bonds. The number of nitrogens with one attached hydrogen (secondary N) is 1. The standard InChI is InChI=1S/C29H28ClN3O4S2/c1-17-6-11-23(18(2)12-17)31-26(34)16-37-27-22(30)13-19(14-24(27)36-5)15-25-28(35)33(29(38)39-25)21-9-7-20(8-10-21)32(3)4/h6-15H,16H2,1-5H3,(H,31,34)/b25-15-. The zero-order valence-corrected chi connectivity index (χ0v) is 24.6. The number of carbonyl (C=O) groups is 2. The molecule has 0 bridgehead atoms. The Labute approximate surface area is 242 Å². The van der Waals surface area contributed by atoms with Crippen molar-refractivity contribution in [2.24, 2.45) is 0 Å². The van der Waals surface area contributed by atoms with Crippen molar-refractivity contribution in [3.05, 3.63) is 81.2 Å². The van der Waals surface area contributed by atoms with E-state index in [9.17, 15) is 9.59 Å². The van der Waals surface area contributed by atoms with Gasteiger partial charge in [-0.3, -0.25) is 14.5 Å². The molecule has 1 aliphatic heterocycles. The molecular formula is C29H28ClN3O4S2. The van der Waals surface area contributed by atoms with Gasteiger partial charge in [0, 0.05) is 25.5 Å². The SMILES string of the molecule is COc1cc(/C=C2\SC(=S)N(c3ccc(N(C)C)cc3)C2=O)cc(Cl)c1OCC(=O)Nc1ccc(C)cc1C. The minimum absolute atomic E-state index is 0.221. The first kappa shape index (κ1) is 28.5. The summed E-state index contributed by atoms with van der Waals surface area (Å²) in [5.74, 6) is 0.0240. The van der Waals surface area contributed by atoms with Crippen LogP contribution < -0.4 is 24.6 Å². The first-order valence-electron chi connectivity index (χ1n) is 12.0. The lowest BCUT2D eigenvalue weighted by molar-refractivity contribution is -0.118. The number of rotatable bonds is 8. The number of hydrogen-bond donors (Lipinski definition) is 1. The fraction of sp³-hybridized carbons (Fsp3) is 0.207. The largest absolute Gasteiger partial charge is 0.493 e. The minimum atomic E-state index is -0.327. The number of methoxy groups -OCH3 is 1. The summed E-state index contributed by atoms with van der Waals surface area (Å²) in [6, 6.07) is 16.7. The maximum atomic E-state index is 13.2. The lowest BCUT2D eigenvalue weighted by atomic mass is 10.1. The van der Waals surface area contributed by atoms with Crippen molar-refractivity contribution in [1.82, 2.24) is 0 Å². The van der Waals surface area contributed by atoms with Crippen LogP contribution in [0.3, 0.4) is 0 Å². The highest BCUT2D eigenvalue weighted by Crippen LogP contribution is 2.40. The van der Waals surface area contributed by atoms with Gasteiger partial charge in [0.1, 0.15) is 0 Å². The lowest BCUT2D eigenvalue weighted by Gasteiger charge is -2.17. The normalized spacial score (nSPS) is 14.1. The molecule has 3 aromatic rings. The number of thioether (sulfide) groups is 1. The lowest BCUT2D eigenvalue weighted by Crippen LogP contribution is -2.27. The number of aryl methyl sites for hydroxylation is 2. The third-order valence-corrected chi connectivity index (χ3v) is 7.55. The quantitative estimate of drug-likeness (QED) is 0.242. The van der Waals surface area contributed by atoms with Gasteiger partial charge in [0.15, 0.2) is 22.4 Å². The molecule has 1 saturated heterocycles. The summed E-state index contributed by atoms with van der Waals surface area (Å²) in [6.07, 6.45) is 1.71. The molecule has 1 heterocycles. The smallest absolute Gasteiger partial charge is 0.270 e. The van der Waals surface area contributed by atoms with E-state index in [4.69, 9.17) is 33.3 Å². The van der Waals surface area contributed by atoms with Crippen LogP contribution in [0.1, 0.15) is 16.7 Å². The Morgan fingerprint density at radius 3 is 2.49 bits per heavy atom. The molecule has 4 rings (SSSR count). The zero-order chi connectivity index (χ0) is 28.3. The number of halogens is 1. The second kappa shape index (κ2) is 12.1. The number of benzene rings is 3. The summed E-state index contributed by atoms with van der Waals surface area (Å²) >= 11 is 13.2. The van der Waals surface area contributed by atoms with Crippen molar-refractivity contribution in [2.75, 3.05) is 42.9 Å². The van der Waals surface area contributed by atoms with Crippen molar-refractivity contribution >= 4 is 74.9 Å². The molecule has 0 radical (unpaired) electrons. The number of anilines is 3. The number of amides is 2. The average Bonchev–Trinajstić information content (AvgIpc) is 3.17. The number of ether oxygens (including phenoxy) is 2. The minimum Gasteiger partial charge on any atom is -0.493 e. The van der Waals surface area contributed by atoms with Gasteiger partial charge in [0.05, 0.1) is 22.7 Å². The second-order valence-corrected chi connectivity index (χ2v) is 11.2. The molecule has 0 spiro atoms. The van der Waals surface area contributed by atoms with Crippen molar-refractivity contribution < 1.29 is 19.1 Å². The van der Waals surface area contributed by atoms with Crippen LogP contribution in [-0.4, -0.2) is 43.9 Å². The van der Waals surface area contributed by atoms with Gasteiger partial charge in [-0.15, -0.1) is 0 Å². The van der Waals surface area contributed by atoms with Crippen LogP contribution in [0, 0.1) is 13.8 Å². The molecule has 7 nitrogen and oxygen atoms in total. The van der Waals surface area contributed by atoms with E-state index in [-0.39, 0.29) is 29.2 Å². The fourth-order valence-electron chi connectivity index (χ4n) is 3.98. The number of nitrogens with zero attached hydrogens (tertiary/aromatic N) is 2. The predicted octanol–water partition coefficient (Wildman–Crippen LogP) is 6.45. The molecule has 1 fully saturated rings. The fourth-order valence-corrected chi connectivity index (χ4v) is 5.56. The van der Waals surface area contributed by atoms with Crippen LogP contribution in [0.2, 0.25) is 5.02 Å². The molecule has 1 N–H and O–H groups in total. The molecule has 0 aromatic heterocycles. The van der Waals surface area contributed by atoms with Crippen LogP contribution in [0.15, 0.2) is 59.5 Å². The van der Waals surface area contributed by atoms with Gasteiger partial charge in [-0.05, 0) is 73.5 Å². The molecule has 39 heavy (non-hydrogen) atoms. The third kappa shape index (κ3) is 6.55. The highest BCUT2D eigenvalue weighted by atomic mass is 35.5. The van der Waals surface area contributed by atoms with Gasteiger partial charge >= 0.3 is 0 Å². The monoisotopic (exact) mass is 581 g/mol. The van der Waals surface area contributed by atoms with Crippen LogP contribution in [-0.2, 0) is 9.59 Å². The molecule has 0 unspecified atom stereocenters. The topological polar surface area (TPSA) is 71.1 Å². The van der Waals surface area contributed by atoms with Crippen LogP contribution in [0.5, 0.6) is 11.5 Å². The summed E-state index contributed by atoms with van der Waals surface area (Å²) in [4.78, 5) is 29.7. The van der Waals surface area contributed by atoms with Crippen LogP contribution >= 0.6 is 35.6 Å². The van der Waals surface area contributed by atoms with E-state index >= 15 is 0 Å². The van der Waals surface area contributed by atoms with Crippen molar-refractivity contribution in [2.45, 2.75) is 13.8 Å². The van der Waals surface area contributed by atoms with E-state index in [1.54, 1.807) is 18.2 Å². The number of thiocarbonyl (C=S) groups is 1. The van der Waals surface area contributed by atoms with Gasteiger partial charge in [-0.2, -0.15) is 0 Å². The van der Waals surface area contributed by atoms with Gasteiger partial charge in [-0.1, -0.05) is 53.3 Å². The number of hydrogen-bond acceptors (Lipinski definition) is 7. The Morgan fingerprint density at radius 1 is 1.13 bits per heavy atom. The van der Waals surface area contributed by atoms with Gasteiger partial charge < -0.3 is 19.7 Å². The molecular weight excluding hydrogens is 554 g/mol. The van der Waals surface area contributed by atoms with Gasteiger partial charge in [-0.25, -0.2) is 0 Å². The first-order valence-corrected chi connectivity index (χ1v) is 13.6. The van der Waals surface area contributed by atoms with E-state index in [1.165, 1.54) is 23.8 Å². The van der Waals surface area contributed by atoms with Crippen molar-refractivity contribution in [3.8, 4) is 11.5 Å². The maximum absolute atomic E-state index is 13.2. The Kier molecular flexibility index (Phi) is 8.84. The molecule has 0 atom stereocenters. The summed E-state index contributed by atoms with van der Waals surface area (Å²) in [7, 11) is 5.39. The van der Waals surface area contributed by atoms with Crippen molar-refractivity contribution in [3.63, 3.8) is 0 Å². The van der Waals surface area contributed by atoms with Gasteiger partial charge in [0.25, 0.3) is 11.8 Å². The molecule has 0 aliphatic carbocycles. The van der Waals surface area contributed by atoms with E-state index in [2.05, 4.69) is 5.32 Å². The zero-order valence-electron chi connectivity index (χ0n) is 22.2. The third-order valence-electron chi connectivity index (χ3n) is 5.97. The summed E-state index contributed by atoms with van der Waals surface area (Å²) in [5, 5.41) is 3.09. The average molecular weight is 582 g/mol. The summed E-state index contributed by atoms with van der Waals surface area (Å²) < 4.78 is 11.6. The second-order valence-electron chi connectivity index (χ2n) is 9.12. The van der Waals surface area contributed by atoms with Crippen LogP contribution in [0.25, 0.3) is 6.08 Å². The Hall–Kier alpha value is -3.53. The molecule has 1 aliphatic rings. The highest BCUT2D eigenvalue weighted by Gasteiger charge is 2.33. The predicted molar refractivity (Wildman–Crippen MR) is 164 cm³/mol. The first-order chi connectivity index (χ1) is 18.6. The Bertz CT molecular complexity index is 1470. The Balaban J connectivity index is 1.49. The van der Waals surface area contributed by atoms with Crippen molar-refractivity contribution in [1.29, 1.82) is 0 Å². The maximum Gasteiger partial charge on any atom is 0.270 e. The van der Waals surface area contributed by atoms with E-state index < -0.39 is 0 Å². The molecule has 0 saturated carbocycles. The van der Waals surface area contributed by atoms with E-state index in [0.29, 0.717) is 31.9 Å². The van der Waals surface area contributed by atoms with Gasteiger partial charge in [0.2, 0.25) is 0 Å². The highest BCUT2D eigenvalue weighted by molar-refractivity contribution is 8.27. The molecule has 10 heteroatoms. The summed E-state index contributed by atoms with van der Waals surface area (Å²) in [6.45, 7) is 3.66. The van der Waals surface area contributed by atoms with E-state index in [1.807, 2.05) is 75.3 Å². The van der Waals surface area contributed by atoms with Crippen LogP contribution in [0.4, 0.5) is 17.1 Å². The summed E-state index contributed by atoms with van der Waals surface area (Å²) in [5.41, 5.74) is 5.14. The molecule has 3 aromatic carbocycles. The molecule has 202 valence electrons. The van der Waals surface area contributed by atoms with E-state index in [0.717, 1.165) is 16.8 Å². The Morgan fingerprint density at radius 2 is 1.85 bits per heavy atom. The number of carbonyl (C=O) groups excluding carboxylic acids is 2.